The third-order valence-electron chi connectivity index (χ3n) is 7.66. The Morgan fingerprint density at radius 1 is 1.02 bits per heavy atom. The number of methoxy groups -OCH3 is 2. The number of ether oxygens (including phenoxy) is 3. The molecule has 1 aromatic heterocycles. The van der Waals surface area contributed by atoms with Gasteiger partial charge in [-0.2, -0.15) is 0 Å². The molecule has 1 N–H and O–H groups in total. The van der Waals surface area contributed by atoms with E-state index in [4.69, 9.17) is 30.8 Å². The number of rotatable bonds is 9. The lowest BCUT2D eigenvalue weighted by Crippen LogP contribution is -2.39. The van der Waals surface area contributed by atoms with Gasteiger partial charge in [0, 0.05) is 21.7 Å². The average molecular weight is 732 g/mol. The number of aromatic hydroxyl groups is 1. The molecule has 1 unspecified atom stereocenters. The number of allylic oxidation sites excluding steroid dienone is 1. The lowest BCUT2D eigenvalue weighted by atomic mass is 9.90. The highest BCUT2D eigenvalue weighted by Crippen LogP contribution is 2.39. The van der Waals surface area contributed by atoms with E-state index in [1.165, 1.54) is 36.0 Å². The first kappa shape index (κ1) is 32.3. The van der Waals surface area contributed by atoms with Gasteiger partial charge in [0.2, 0.25) is 0 Å². The number of aromatic nitrogens is 1. The largest absolute Gasteiger partial charge is 0.504 e. The van der Waals surface area contributed by atoms with E-state index in [9.17, 15) is 14.7 Å². The summed E-state index contributed by atoms with van der Waals surface area (Å²) in [5, 5.41) is 10.9. The molecule has 238 valence electrons. The van der Waals surface area contributed by atoms with E-state index >= 15 is 0 Å². The van der Waals surface area contributed by atoms with Crippen molar-refractivity contribution >= 4 is 56.4 Å². The number of halogens is 2. The number of carbonyl (C=O) groups is 1. The maximum atomic E-state index is 14.2. The predicted molar refractivity (Wildman–Crippen MR) is 186 cm³/mol. The Kier molecular flexibility index (Phi) is 9.35. The second-order valence-electron chi connectivity index (χ2n) is 10.6. The Bertz CT molecular complexity index is 2230. The maximum Gasteiger partial charge on any atom is 0.271 e. The van der Waals surface area contributed by atoms with Gasteiger partial charge in [-0.3, -0.25) is 14.2 Å². The first-order chi connectivity index (χ1) is 22.7. The first-order valence-electron chi connectivity index (χ1n) is 14.4. The van der Waals surface area contributed by atoms with Crippen LogP contribution < -0.4 is 29.1 Å². The number of fused-ring (bicyclic) bond motifs is 1. The van der Waals surface area contributed by atoms with Crippen LogP contribution in [-0.2, 0) is 11.4 Å². The zero-order valence-corrected chi connectivity index (χ0v) is 28.7. The minimum Gasteiger partial charge on any atom is -0.504 e. The van der Waals surface area contributed by atoms with E-state index in [0.29, 0.717) is 52.7 Å². The highest BCUT2D eigenvalue weighted by molar-refractivity contribution is 9.10. The van der Waals surface area contributed by atoms with Gasteiger partial charge in [-0.15, -0.1) is 0 Å². The van der Waals surface area contributed by atoms with E-state index in [-0.39, 0.29) is 29.4 Å². The molecule has 0 fully saturated rings. The fourth-order valence-electron chi connectivity index (χ4n) is 5.44. The molecule has 4 aromatic carbocycles. The van der Waals surface area contributed by atoms with Crippen LogP contribution in [0.1, 0.15) is 35.2 Å². The second-order valence-corrected chi connectivity index (χ2v) is 12.9. The molecule has 0 saturated heterocycles. The molecule has 8 nitrogen and oxygen atoms in total. The summed E-state index contributed by atoms with van der Waals surface area (Å²) in [4.78, 5) is 32.9. The smallest absolute Gasteiger partial charge is 0.271 e. The number of benzene rings is 4. The van der Waals surface area contributed by atoms with Crippen molar-refractivity contribution in [2.45, 2.75) is 19.6 Å². The van der Waals surface area contributed by atoms with Crippen LogP contribution in [0.2, 0.25) is 5.02 Å². The molecule has 0 saturated carbocycles. The van der Waals surface area contributed by atoms with E-state index in [1.807, 2.05) is 54.6 Å². The van der Waals surface area contributed by atoms with Crippen LogP contribution in [0.3, 0.4) is 0 Å². The van der Waals surface area contributed by atoms with Crippen LogP contribution in [0.5, 0.6) is 23.0 Å². The lowest BCUT2D eigenvalue weighted by molar-refractivity contribution is -0.113. The molecule has 0 aliphatic carbocycles. The van der Waals surface area contributed by atoms with Crippen molar-refractivity contribution in [3.05, 3.63) is 142 Å². The van der Waals surface area contributed by atoms with Crippen LogP contribution in [0.4, 0.5) is 0 Å². The molecular weight excluding hydrogens is 704 g/mol. The Balaban J connectivity index is 1.50. The number of Topliss-reactive ketones (excluding diaryl/α,β-unsaturated/α-hetero) is 1. The molecule has 1 aliphatic rings. The summed E-state index contributed by atoms with van der Waals surface area (Å²) in [5.74, 6) is 0.884. The first-order valence-corrected chi connectivity index (χ1v) is 16.4. The zero-order chi connectivity index (χ0) is 33.2. The van der Waals surface area contributed by atoms with Gasteiger partial charge in [0.25, 0.3) is 5.56 Å². The molecule has 47 heavy (non-hydrogen) atoms. The van der Waals surface area contributed by atoms with E-state index in [2.05, 4.69) is 15.9 Å². The van der Waals surface area contributed by atoms with Crippen molar-refractivity contribution in [1.82, 2.24) is 4.57 Å². The normalized spacial score (nSPS) is 14.4. The minimum atomic E-state index is -0.822. The summed E-state index contributed by atoms with van der Waals surface area (Å²) in [5.41, 5.74) is 3.35. The summed E-state index contributed by atoms with van der Waals surface area (Å²) in [6.45, 7) is 1.70. The van der Waals surface area contributed by atoms with Crippen molar-refractivity contribution in [1.29, 1.82) is 0 Å². The molecule has 11 heteroatoms. The highest BCUT2D eigenvalue weighted by atomic mass is 79.9. The van der Waals surface area contributed by atoms with Gasteiger partial charge in [-0.25, -0.2) is 4.99 Å². The molecule has 0 spiro atoms. The fourth-order valence-corrected chi connectivity index (χ4v) is 7.21. The maximum absolute atomic E-state index is 14.2. The molecule has 2 heterocycles. The molecular formula is C36H28BrClN2O6S. The molecule has 0 bridgehead atoms. The summed E-state index contributed by atoms with van der Waals surface area (Å²) >= 11 is 11.1. The van der Waals surface area contributed by atoms with Gasteiger partial charge in [0.05, 0.1) is 35.0 Å². The highest BCUT2D eigenvalue weighted by Gasteiger charge is 2.33. The second kappa shape index (κ2) is 13.6. The van der Waals surface area contributed by atoms with Crippen molar-refractivity contribution < 1.29 is 24.1 Å². The number of hydrogen-bond acceptors (Lipinski definition) is 8. The van der Waals surface area contributed by atoms with Gasteiger partial charge in [0.15, 0.2) is 33.6 Å². The number of ketones is 1. The van der Waals surface area contributed by atoms with Crippen LogP contribution >= 0.6 is 38.9 Å². The summed E-state index contributed by atoms with van der Waals surface area (Å²) < 4.78 is 19.7. The number of phenolic OH excluding ortho intramolecular Hbond substituents is 1. The van der Waals surface area contributed by atoms with Crippen molar-refractivity contribution in [3.63, 3.8) is 0 Å². The van der Waals surface area contributed by atoms with Crippen molar-refractivity contribution in [2.75, 3.05) is 14.2 Å². The molecule has 6 rings (SSSR count). The van der Waals surface area contributed by atoms with Crippen LogP contribution in [0.15, 0.2) is 105 Å². The number of thiazole rings is 1. The van der Waals surface area contributed by atoms with E-state index < -0.39 is 6.04 Å². The van der Waals surface area contributed by atoms with Crippen LogP contribution in [0.25, 0.3) is 11.8 Å². The van der Waals surface area contributed by atoms with Crippen molar-refractivity contribution in [2.24, 2.45) is 4.99 Å². The third kappa shape index (κ3) is 6.36. The Hall–Kier alpha value is -4.64. The molecule has 1 aliphatic heterocycles. The molecule has 1 atom stereocenters. The zero-order valence-electron chi connectivity index (χ0n) is 25.5. The van der Waals surface area contributed by atoms with Gasteiger partial charge < -0.3 is 19.3 Å². The third-order valence-corrected chi connectivity index (χ3v) is 9.60. The Morgan fingerprint density at radius 2 is 1.74 bits per heavy atom. The van der Waals surface area contributed by atoms with Crippen LogP contribution in [-0.4, -0.2) is 29.7 Å². The van der Waals surface area contributed by atoms with E-state index in [0.717, 1.165) is 11.1 Å². The van der Waals surface area contributed by atoms with Gasteiger partial charge >= 0.3 is 0 Å². The van der Waals surface area contributed by atoms with E-state index in [1.54, 1.807) is 37.5 Å². The molecule has 0 radical (unpaired) electrons. The fraction of sp³-hybridized carbons (Fsp3) is 0.139. The van der Waals surface area contributed by atoms with Gasteiger partial charge in [0.1, 0.15) is 6.61 Å². The number of nitrogens with zero attached hydrogens (tertiary/aromatic N) is 2. The molecule has 5 aromatic rings. The number of phenols is 1. The summed E-state index contributed by atoms with van der Waals surface area (Å²) in [7, 11) is 2.99. The Labute approximate surface area is 287 Å². The van der Waals surface area contributed by atoms with Gasteiger partial charge in [-0.05, 0) is 70.4 Å². The predicted octanol–water partition coefficient (Wildman–Crippen LogP) is 6.68. The monoisotopic (exact) mass is 730 g/mol. The minimum absolute atomic E-state index is 0.0564. The van der Waals surface area contributed by atoms with Gasteiger partial charge in [-0.1, -0.05) is 77.5 Å². The summed E-state index contributed by atoms with van der Waals surface area (Å²) in [6, 6.07) is 24.4. The standard InChI is InChI=1S/C36H28BrClN2O6S/c1-20(41)31-32(22-9-5-4-6-10-22)39-36-40(33(31)23-13-14-27(42)28(18-23)44-2)35(43)30(47-36)17-21-15-25(37)34(29(16-21)45-3)46-19-24-11-7-8-12-26(24)38/h4-18,33,42H,19H2,1-3H3/b30-17+. The molecule has 0 amide bonds. The summed E-state index contributed by atoms with van der Waals surface area (Å²) in [6.07, 6.45) is 1.75. The quantitative estimate of drug-likeness (QED) is 0.182. The number of hydrogen-bond donors (Lipinski definition) is 1. The van der Waals surface area contributed by atoms with Crippen LogP contribution in [0, 0.1) is 0 Å². The Morgan fingerprint density at radius 3 is 2.45 bits per heavy atom. The SMILES string of the molecule is COc1cc(C2C(C(C)=O)=C(c3ccccc3)N=c3s/c(=C/c4cc(Br)c(OCc5ccccc5Cl)c(OC)c4)c(=O)n32)ccc1O. The average Bonchev–Trinajstić information content (AvgIpc) is 3.38. The van der Waals surface area contributed by atoms with Crippen molar-refractivity contribution in [3.8, 4) is 23.0 Å². The lowest BCUT2D eigenvalue weighted by Gasteiger charge is -2.26. The number of carbonyl (C=O) groups excluding carboxylic acids is 1. The topological polar surface area (TPSA) is 99.4 Å².